The van der Waals surface area contributed by atoms with E-state index in [0.29, 0.717) is 0 Å². The summed E-state index contributed by atoms with van der Waals surface area (Å²) in [4.78, 5) is 0. The Balaban J connectivity index is 1.52. The molecule has 0 N–H and O–H groups in total. The van der Waals surface area contributed by atoms with E-state index in [1.165, 1.54) is 47.9 Å². The van der Waals surface area contributed by atoms with Crippen molar-refractivity contribution in [3.05, 3.63) is 106 Å². The van der Waals surface area contributed by atoms with Crippen molar-refractivity contribution in [2.75, 3.05) is 0 Å². The van der Waals surface area contributed by atoms with E-state index >= 15 is 0 Å². The number of hydrogen-bond acceptors (Lipinski definition) is 0. The fourth-order valence-corrected chi connectivity index (χ4v) is 3.46. The van der Waals surface area contributed by atoms with Gasteiger partial charge in [0.1, 0.15) is 0 Å². The molecular weight excluding hydrogens is 348 g/mol. The number of hydrogen-bond donors (Lipinski definition) is 0. The maximum atomic E-state index is 3.30. The highest BCUT2D eigenvalue weighted by molar-refractivity contribution is 5.44. The summed E-state index contributed by atoms with van der Waals surface area (Å²) in [5.74, 6) is 6.59. The Labute approximate surface area is 177 Å². The maximum Gasteiger partial charge on any atom is 0.0249 e. The summed E-state index contributed by atoms with van der Waals surface area (Å²) in [6.45, 7) is 4.44. The van der Waals surface area contributed by atoms with Crippen LogP contribution in [-0.4, -0.2) is 0 Å². The third-order valence-electron chi connectivity index (χ3n) is 5.46. The maximum absolute atomic E-state index is 3.30. The molecule has 0 unspecified atom stereocenters. The van der Waals surface area contributed by atoms with Crippen LogP contribution in [0.1, 0.15) is 66.5 Å². The fraction of sp³-hybridized carbons (Fsp3) is 0.310. The minimum absolute atomic E-state index is 1.07. The molecule has 0 amide bonds. The second-order valence-electron chi connectivity index (χ2n) is 7.77. The summed E-state index contributed by atoms with van der Waals surface area (Å²) in [6, 6.07) is 26.4. The van der Waals surface area contributed by atoms with Crippen LogP contribution < -0.4 is 0 Å². The molecular formula is C29H32. The van der Waals surface area contributed by atoms with E-state index in [-0.39, 0.29) is 0 Å². The first kappa shape index (κ1) is 20.9. The van der Waals surface area contributed by atoms with E-state index in [4.69, 9.17) is 0 Å². The molecule has 0 radical (unpaired) electrons. The standard InChI is InChI=1S/C29H32/c1-3-5-6-7-25-12-14-27(15-13-25)18-19-29-22-20-28(21-23-29)17-16-26-10-8-24(4-2)9-11-26/h8-15,20-23H,3-7,16-17H2,1-2H3. The molecule has 0 spiro atoms. The van der Waals surface area contributed by atoms with Gasteiger partial charge in [-0.25, -0.2) is 0 Å². The summed E-state index contributed by atoms with van der Waals surface area (Å²) >= 11 is 0. The van der Waals surface area contributed by atoms with Gasteiger partial charge in [-0.15, -0.1) is 0 Å². The Bertz CT molecular complexity index is 917. The SMILES string of the molecule is CCCCCc1ccc(C#Cc2ccc(CCc3ccc(CC)cc3)cc2)cc1. The largest absolute Gasteiger partial charge is 0.0654 e. The summed E-state index contributed by atoms with van der Waals surface area (Å²) in [5.41, 5.74) is 7.76. The van der Waals surface area contributed by atoms with Crippen LogP contribution in [0.5, 0.6) is 0 Å². The zero-order chi connectivity index (χ0) is 20.3. The smallest absolute Gasteiger partial charge is 0.0249 e. The van der Waals surface area contributed by atoms with Gasteiger partial charge in [-0.1, -0.05) is 87.1 Å². The Morgan fingerprint density at radius 1 is 0.483 bits per heavy atom. The van der Waals surface area contributed by atoms with Gasteiger partial charge in [0.25, 0.3) is 0 Å². The highest BCUT2D eigenvalue weighted by atomic mass is 14.0. The zero-order valence-electron chi connectivity index (χ0n) is 17.9. The molecule has 3 aromatic carbocycles. The second-order valence-corrected chi connectivity index (χ2v) is 7.77. The minimum atomic E-state index is 1.07. The lowest BCUT2D eigenvalue weighted by Crippen LogP contribution is -1.92. The van der Waals surface area contributed by atoms with E-state index in [1.54, 1.807) is 0 Å². The fourth-order valence-electron chi connectivity index (χ4n) is 3.46. The van der Waals surface area contributed by atoms with Crippen LogP contribution in [0.15, 0.2) is 72.8 Å². The number of aryl methyl sites for hydroxylation is 4. The van der Waals surface area contributed by atoms with E-state index < -0.39 is 0 Å². The third-order valence-corrected chi connectivity index (χ3v) is 5.46. The summed E-state index contributed by atoms with van der Waals surface area (Å²) in [7, 11) is 0. The summed E-state index contributed by atoms with van der Waals surface area (Å²) in [5, 5.41) is 0. The van der Waals surface area contributed by atoms with E-state index in [0.717, 1.165) is 30.4 Å². The Morgan fingerprint density at radius 2 is 0.897 bits per heavy atom. The first-order chi connectivity index (χ1) is 14.3. The Hall–Kier alpha value is -2.78. The van der Waals surface area contributed by atoms with Crippen molar-refractivity contribution < 1.29 is 0 Å². The molecule has 0 nitrogen and oxygen atoms in total. The Morgan fingerprint density at radius 3 is 1.34 bits per heavy atom. The van der Waals surface area contributed by atoms with Crippen molar-refractivity contribution >= 4 is 0 Å². The van der Waals surface area contributed by atoms with E-state index in [1.807, 2.05) is 0 Å². The highest BCUT2D eigenvalue weighted by Crippen LogP contribution is 2.12. The van der Waals surface area contributed by atoms with Gasteiger partial charge in [-0.3, -0.25) is 0 Å². The average molecular weight is 381 g/mol. The van der Waals surface area contributed by atoms with Crippen LogP contribution in [0, 0.1) is 11.8 Å². The molecule has 0 heteroatoms. The van der Waals surface area contributed by atoms with Crippen molar-refractivity contribution in [2.45, 2.75) is 58.8 Å². The predicted octanol–water partition coefficient (Wildman–Crippen LogP) is 7.17. The molecule has 148 valence electrons. The third kappa shape index (κ3) is 6.95. The van der Waals surface area contributed by atoms with E-state index in [2.05, 4.69) is 98.5 Å². The molecule has 0 aliphatic carbocycles. The second kappa shape index (κ2) is 11.3. The molecule has 3 aromatic rings. The van der Waals surface area contributed by atoms with Gasteiger partial charge in [0.05, 0.1) is 0 Å². The van der Waals surface area contributed by atoms with Gasteiger partial charge >= 0.3 is 0 Å². The van der Waals surface area contributed by atoms with Crippen molar-refractivity contribution in [2.24, 2.45) is 0 Å². The molecule has 3 rings (SSSR count). The average Bonchev–Trinajstić information content (AvgIpc) is 2.78. The predicted molar refractivity (Wildman–Crippen MR) is 125 cm³/mol. The number of rotatable bonds is 8. The molecule has 0 atom stereocenters. The molecule has 0 saturated heterocycles. The lowest BCUT2D eigenvalue weighted by atomic mass is 10.0. The van der Waals surface area contributed by atoms with Gasteiger partial charge in [0.2, 0.25) is 0 Å². The van der Waals surface area contributed by atoms with Crippen LogP contribution >= 0.6 is 0 Å². The summed E-state index contributed by atoms with van der Waals surface area (Å²) < 4.78 is 0. The van der Waals surface area contributed by atoms with Crippen LogP contribution in [0.4, 0.5) is 0 Å². The number of unbranched alkanes of at least 4 members (excludes halogenated alkanes) is 2. The van der Waals surface area contributed by atoms with Gasteiger partial charge in [-0.05, 0) is 78.6 Å². The normalized spacial score (nSPS) is 10.4. The van der Waals surface area contributed by atoms with Crippen LogP contribution in [0.25, 0.3) is 0 Å². The number of benzene rings is 3. The Kier molecular flexibility index (Phi) is 8.14. The molecule has 0 bridgehead atoms. The van der Waals surface area contributed by atoms with Gasteiger partial charge in [0, 0.05) is 11.1 Å². The lowest BCUT2D eigenvalue weighted by molar-refractivity contribution is 0.717. The topological polar surface area (TPSA) is 0 Å². The van der Waals surface area contributed by atoms with Gasteiger partial charge in [0.15, 0.2) is 0 Å². The lowest BCUT2D eigenvalue weighted by Gasteiger charge is -2.04. The molecule has 0 aliphatic rings. The highest BCUT2D eigenvalue weighted by Gasteiger charge is 1.98. The quantitative estimate of drug-likeness (QED) is 0.287. The van der Waals surface area contributed by atoms with Gasteiger partial charge < -0.3 is 0 Å². The molecule has 0 fully saturated rings. The van der Waals surface area contributed by atoms with Crippen LogP contribution in [0.2, 0.25) is 0 Å². The van der Waals surface area contributed by atoms with Crippen molar-refractivity contribution in [1.82, 2.24) is 0 Å². The zero-order valence-corrected chi connectivity index (χ0v) is 17.9. The molecule has 0 aromatic heterocycles. The first-order valence-electron chi connectivity index (χ1n) is 11.0. The molecule has 0 saturated carbocycles. The first-order valence-corrected chi connectivity index (χ1v) is 11.0. The molecule has 0 heterocycles. The summed E-state index contributed by atoms with van der Waals surface area (Å²) in [6.07, 6.45) is 8.28. The molecule has 0 aliphatic heterocycles. The van der Waals surface area contributed by atoms with Crippen molar-refractivity contribution in [1.29, 1.82) is 0 Å². The van der Waals surface area contributed by atoms with Crippen LogP contribution in [-0.2, 0) is 25.7 Å². The van der Waals surface area contributed by atoms with Crippen molar-refractivity contribution in [3.63, 3.8) is 0 Å². The molecule has 29 heavy (non-hydrogen) atoms. The minimum Gasteiger partial charge on any atom is -0.0654 e. The van der Waals surface area contributed by atoms with Crippen LogP contribution in [0.3, 0.4) is 0 Å². The van der Waals surface area contributed by atoms with E-state index in [9.17, 15) is 0 Å². The van der Waals surface area contributed by atoms with Gasteiger partial charge in [-0.2, -0.15) is 0 Å². The van der Waals surface area contributed by atoms with Crippen molar-refractivity contribution in [3.8, 4) is 11.8 Å². The monoisotopic (exact) mass is 380 g/mol.